The molecule has 21 saturated heterocycles. The SMILES string of the molecule is CC=N/C(=C\C)CC(=O)NCCSCC1O[C@@H]2O[C@@H]3C(CO)O[C@@H](O[C@@H]4C(CO)O[C@@H](O[C@@H]5C(C)O[C@@H](O[C@@H]6C(CO)O[C@H](O[C@@H]7C(CO)O[C@H](O[C@@H]8C(CO)O[C@H](O[C@H]1[C@H](O)C2O)C(O)[C@H]8O)[C@@H](O)C7O)[C@@H](O)C6O)[C@@H](O)C5O)[C@@H](O)C4O)[C@@H](O)C3O. The van der Waals surface area contributed by atoms with Crippen molar-refractivity contribution >= 4 is 23.9 Å². The highest BCUT2D eigenvalue weighted by atomic mass is 32.2. The maximum atomic E-state index is 12.7. The first-order chi connectivity index (χ1) is 41.9. The average Bonchev–Trinajstić information content (AvgIpc) is 1.21. The third kappa shape index (κ3) is 15.5. The van der Waals surface area contributed by atoms with Gasteiger partial charge in [-0.25, -0.2) is 0 Å². The van der Waals surface area contributed by atoms with Crippen molar-refractivity contribution in [1.82, 2.24) is 5.32 Å². The van der Waals surface area contributed by atoms with Gasteiger partial charge in [0.25, 0.3) is 0 Å². The molecule has 0 aromatic carbocycles. The van der Waals surface area contributed by atoms with Crippen LogP contribution in [0.3, 0.4) is 0 Å². The van der Waals surface area contributed by atoms with Crippen LogP contribution in [-0.2, 0) is 71.1 Å². The molecule has 0 aromatic rings. The third-order valence-electron chi connectivity index (χ3n) is 16.4. The first-order valence-corrected chi connectivity index (χ1v) is 29.8. The van der Waals surface area contributed by atoms with E-state index in [1.165, 1.54) is 13.1 Å². The average molecular weight is 1300 g/mol. The molecule has 0 radical (unpaired) electrons. The van der Waals surface area contributed by atoms with Crippen LogP contribution in [0.1, 0.15) is 27.2 Å². The molecule has 0 saturated carbocycles. The number of nitrogens with one attached hydrogen (secondary N) is 1. The number of carbonyl (C=O) groups is 1. The molecule has 21 heterocycles. The number of allylic oxidation sites excluding steroid dienone is 1. The van der Waals surface area contributed by atoms with Crippen LogP contribution in [-0.4, -0.2) is 375 Å². The molecule has 0 aliphatic carbocycles. The molecule has 20 N–H and O–H groups in total. The van der Waals surface area contributed by atoms with Crippen LogP contribution in [0, 0.1) is 0 Å². The highest BCUT2D eigenvalue weighted by molar-refractivity contribution is 7.99. The largest absolute Gasteiger partial charge is 0.394 e. The van der Waals surface area contributed by atoms with Gasteiger partial charge < -0.3 is 169 Å². The fraction of sp³-hybridized carbons (Fsp3) is 0.922. The van der Waals surface area contributed by atoms with Crippen molar-refractivity contribution < 1.29 is 168 Å². The van der Waals surface area contributed by atoms with Crippen molar-refractivity contribution in [3.8, 4) is 0 Å². The van der Waals surface area contributed by atoms with Gasteiger partial charge in [-0.05, 0) is 20.8 Å². The summed E-state index contributed by atoms with van der Waals surface area (Å²) in [6.45, 7) is -0.334. The van der Waals surface area contributed by atoms with Crippen LogP contribution in [0.2, 0.25) is 0 Å². The molecular formula is C51H84N2O34S. The van der Waals surface area contributed by atoms with Gasteiger partial charge in [-0.3, -0.25) is 9.79 Å². The Morgan fingerprint density at radius 2 is 0.648 bits per heavy atom. The number of hydrogen-bond acceptors (Lipinski definition) is 36. The molecule has 21 rings (SSSR count). The second-order valence-electron chi connectivity index (χ2n) is 22.2. The van der Waals surface area contributed by atoms with Gasteiger partial charge in [0.05, 0.1) is 51.7 Å². The molecule has 14 bridgehead atoms. The number of aliphatic imine (C=N–C) groups is 1. The molecule has 0 aromatic heterocycles. The lowest BCUT2D eigenvalue weighted by molar-refractivity contribution is -0.395. The zero-order valence-electron chi connectivity index (χ0n) is 47.7. The molecule has 1 amide bonds. The second kappa shape index (κ2) is 31.9. The van der Waals surface area contributed by atoms with Crippen LogP contribution in [0.4, 0.5) is 0 Å². The van der Waals surface area contributed by atoms with Gasteiger partial charge in [-0.2, -0.15) is 11.8 Å². The number of amides is 1. The predicted octanol–water partition coefficient (Wildman–Crippen LogP) is -12.0. The van der Waals surface area contributed by atoms with Gasteiger partial charge in [-0.15, -0.1) is 0 Å². The first kappa shape index (κ1) is 71.8. The van der Waals surface area contributed by atoms with Crippen LogP contribution in [0.5, 0.6) is 0 Å². The maximum absolute atomic E-state index is 12.7. The Morgan fingerprint density at radius 3 is 0.932 bits per heavy atom. The molecule has 0 spiro atoms. The maximum Gasteiger partial charge on any atom is 0.226 e. The Hall–Kier alpha value is -2.09. The molecule has 36 nitrogen and oxygen atoms in total. The normalized spacial score (nSPS) is 50.2. The Bertz CT molecular complexity index is 2230. The molecule has 21 aliphatic rings. The van der Waals surface area contributed by atoms with E-state index in [-0.39, 0.29) is 30.4 Å². The third-order valence-corrected chi connectivity index (χ3v) is 17.4. The summed E-state index contributed by atoms with van der Waals surface area (Å²) in [6.07, 6.45) is -64.7. The van der Waals surface area contributed by atoms with Crippen LogP contribution in [0.25, 0.3) is 0 Å². The summed E-state index contributed by atoms with van der Waals surface area (Å²) in [5, 5.41) is 216. The summed E-state index contributed by atoms with van der Waals surface area (Å²) < 4.78 is 81.8. The van der Waals surface area contributed by atoms with Crippen LogP contribution >= 0.6 is 11.8 Å². The molecule has 35 atom stereocenters. The van der Waals surface area contributed by atoms with E-state index in [9.17, 15) is 102 Å². The highest BCUT2D eigenvalue weighted by Crippen LogP contribution is 2.39. The van der Waals surface area contributed by atoms with Gasteiger partial charge in [0.15, 0.2) is 44.0 Å². The minimum atomic E-state index is -2.20. The van der Waals surface area contributed by atoms with Crippen molar-refractivity contribution in [1.29, 1.82) is 0 Å². The number of carbonyl (C=O) groups excluding carboxylic acids is 1. The van der Waals surface area contributed by atoms with E-state index in [1.54, 1.807) is 19.9 Å². The first-order valence-electron chi connectivity index (χ1n) is 28.7. The minimum absolute atomic E-state index is 0.0395. The highest BCUT2D eigenvalue weighted by Gasteiger charge is 2.59. The zero-order chi connectivity index (χ0) is 64.2. The summed E-state index contributed by atoms with van der Waals surface area (Å²) in [5.41, 5.74) is 0.501. The summed E-state index contributed by atoms with van der Waals surface area (Å²) in [7, 11) is 0. The smallest absolute Gasteiger partial charge is 0.226 e. The lowest BCUT2D eigenvalue weighted by atomic mass is 9.95. The molecule has 21 fully saturated rings. The van der Waals surface area contributed by atoms with Crippen molar-refractivity contribution in [2.24, 2.45) is 4.99 Å². The van der Waals surface area contributed by atoms with Crippen LogP contribution in [0.15, 0.2) is 16.8 Å². The van der Waals surface area contributed by atoms with Gasteiger partial charge in [0.1, 0.15) is 159 Å². The zero-order valence-corrected chi connectivity index (χ0v) is 48.5. The quantitative estimate of drug-likeness (QED) is 0.0601. The predicted molar refractivity (Wildman–Crippen MR) is 283 cm³/mol. The van der Waals surface area contributed by atoms with Gasteiger partial charge in [0.2, 0.25) is 5.91 Å². The lowest BCUT2D eigenvalue weighted by Gasteiger charge is -2.50. The topological polar surface area (TPSA) is 555 Å². The Labute approximate surface area is 506 Å². The standard InChI is InChI=1S/C51H84N2O34S/c1-4-16(52-5-2)8-23(59)53-6-7-88-14-22-44-30(66)37(73)51(80-22)86-43-21(13-58)78-49(35(71)28(43)64)83-40-18(10-55)75-46(32(68)25(40)61)81-38-15(3)74-45(31(67)24(38)60)82-39-17(9-54)76-47(33(69)26(39)62)84-41-19(11-56)77-48(34(70)27(41)63)85-42-20(12-57)79-50(87-44)36(72)29(42)65/h4-5,15,17-22,24-51,54-58,60-73H,6-14H2,1-3H3,(H,53,59)/b16-4-,52-5?/t15?,17?,18?,19?,20?,21?,22?,24?,25?,26?,27?,28?,29-,30-,31+,32+,33+,34+,35+,36?,37?,38-,39-,40-,41-,42-,43-,44-,45+,46+,47-,48-,49+,50-,51-/m1/s1. The van der Waals surface area contributed by atoms with Crippen molar-refractivity contribution in [2.45, 2.75) is 242 Å². The Morgan fingerprint density at radius 1 is 0.386 bits per heavy atom. The number of thioether (sulfide) groups is 1. The molecule has 508 valence electrons. The molecular weight excluding hydrogens is 1220 g/mol. The number of aliphatic hydroxyl groups is 19. The number of rotatable bonds is 13. The monoisotopic (exact) mass is 1300 g/mol. The second-order valence-corrected chi connectivity index (χ2v) is 23.4. The molecule has 21 aliphatic heterocycles. The minimum Gasteiger partial charge on any atom is -0.394 e. The fourth-order valence-electron chi connectivity index (χ4n) is 11.5. The van der Waals surface area contributed by atoms with E-state index < -0.39 is 248 Å². The Balaban J connectivity index is 1.07. The summed E-state index contributed by atoms with van der Waals surface area (Å²) >= 11 is 1.10. The van der Waals surface area contributed by atoms with E-state index in [4.69, 9.17) is 66.3 Å². The van der Waals surface area contributed by atoms with E-state index >= 15 is 0 Å². The van der Waals surface area contributed by atoms with E-state index in [0.717, 1.165) is 11.8 Å². The van der Waals surface area contributed by atoms with Crippen molar-refractivity contribution in [3.05, 3.63) is 11.8 Å². The van der Waals surface area contributed by atoms with Gasteiger partial charge in [-0.1, -0.05) is 6.08 Å². The number of nitrogens with zero attached hydrogens (tertiary/aromatic N) is 1. The number of ether oxygens (including phenoxy) is 14. The van der Waals surface area contributed by atoms with E-state index in [1.807, 2.05) is 0 Å². The van der Waals surface area contributed by atoms with Gasteiger partial charge >= 0.3 is 0 Å². The number of aliphatic hydroxyl groups excluding tert-OH is 19. The molecule has 88 heavy (non-hydrogen) atoms. The summed E-state index contributed by atoms with van der Waals surface area (Å²) in [4.78, 5) is 16.8. The van der Waals surface area contributed by atoms with Gasteiger partial charge in [0, 0.05) is 30.0 Å². The van der Waals surface area contributed by atoms with Crippen molar-refractivity contribution in [3.63, 3.8) is 0 Å². The van der Waals surface area contributed by atoms with Crippen LogP contribution < -0.4 is 5.32 Å². The molecule has 37 heteroatoms. The van der Waals surface area contributed by atoms with Crippen molar-refractivity contribution in [2.75, 3.05) is 51.1 Å². The van der Waals surface area contributed by atoms with E-state index in [0.29, 0.717) is 5.70 Å². The summed E-state index contributed by atoms with van der Waals surface area (Å²) in [6, 6.07) is 0. The molecule has 14 unspecified atom stereocenters. The lowest BCUT2D eigenvalue weighted by Crippen LogP contribution is -2.68. The Kier molecular flexibility index (Phi) is 26.0. The number of hydrogen-bond donors (Lipinski definition) is 20. The fourth-order valence-corrected chi connectivity index (χ4v) is 12.4. The van der Waals surface area contributed by atoms with E-state index in [2.05, 4.69) is 10.3 Å². The summed E-state index contributed by atoms with van der Waals surface area (Å²) in [5.74, 6) is -0.390.